The third-order valence-corrected chi connectivity index (χ3v) is 1.71. The van der Waals surface area contributed by atoms with Gasteiger partial charge in [-0.1, -0.05) is 13.8 Å². The third kappa shape index (κ3) is 1.80. The highest BCUT2D eigenvalue weighted by Gasteiger charge is 1.99. The van der Waals surface area contributed by atoms with E-state index in [9.17, 15) is 0 Å². The van der Waals surface area contributed by atoms with Gasteiger partial charge in [-0.15, -0.1) is 0 Å². The van der Waals surface area contributed by atoms with Crippen molar-refractivity contribution in [2.75, 3.05) is 5.73 Å². The average Bonchev–Trinajstić information content (AvgIpc) is 2.51. The number of aryl methyl sites for hydroxylation is 1. The number of aromatic amines is 1. The van der Waals surface area contributed by atoms with Gasteiger partial charge in [0.15, 0.2) is 0 Å². The molecule has 0 spiro atoms. The van der Waals surface area contributed by atoms with Crippen molar-refractivity contribution in [1.29, 1.82) is 0 Å². The van der Waals surface area contributed by atoms with Gasteiger partial charge in [0.25, 0.3) is 0 Å². The Morgan fingerprint density at radius 3 is 2.62 bits per heavy atom. The molecule has 2 aromatic heterocycles. The lowest BCUT2D eigenvalue weighted by Crippen LogP contribution is -1.85. The van der Waals surface area contributed by atoms with Crippen LogP contribution in [0.4, 0.5) is 5.69 Å². The van der Waals surface area contributed by atoms with Crippen LogP contribution in [0.15, 0.2) is 18.5 Å². The van der Waals surface area contributed by atoms with Crippen LogP contribution in [0.2, 0.25) is 0 Å². The number of pyridine rings is 1. The maximum Gasteiger partial charge on any atom is 0.0663 e. The van der Waals surface area contributed by atoms with E-state index in [2.05, 4.69) is 9.97 Å². The molecule has 2 rings (SSSR count). The van der Waals surface area contributed by atoms with E-state index in [-0.39, 0.29) is 0 Å². The maximum atomic E-state index is 5.69. The lowest BCUT2D eigenvalue weighted by atomic mass is 10.3. The topological polar surface area (TPSA) is 54.7 Å². The van der Waals surface area contributed by atoms with Crippen LogP contribution < -0.4 is 5.73 Å². The molecule has 0 amide bonds. The molecule has 0 radical (unpaired) electrons. The van der Waals surface area contributed by atoms with Crippen molar-refractivity contribution in [3.63, 3.8) is 0 Å². The molecular formula is C10H15N3. The molecule has 0 aliphatic rings. The van der Waals surface area contributed by atoms with Crippen molar-refractivity contribution in [3.8, 4) is 0 Å². The molecule has 0 fully saturated rings. The highest BCUT2D eigenvalue weighted by Crippen LogP contribution is 2.19. The lowest BCUT2D eigenvalue weighted by molar-refractivity contribution is 1.28. The van der Waals surface area contributed by atoms with E-state index in [1.54, 1.807) is 12.4 Å². The number of H-pyrrole nitrogens is 1. The lowest BCUT2D eigenvalue weighted by Gasteiger charge is -1.91. The molecular weight excluding hydrogens is 162 g/mol. The molecule has 70 valence electrons. The smallest absolute Gasteiger partial charge is 0.0663 e. The Kier molecular flexibility index (Phi) is 2.90. The molecule has 3 nitrogen and oxygen atoms in total. The standard InChI is InChI=1S/C8H9N3.C2H6/c1-5-2-6-7(9)3-10-4-8(6)11-5;1-2/h2-4,11H,9H2,1H3;1-2H3. The first-order chi connectivity index (χ1) is 6.27. The summed E-state index contributed by atoms with van der Waals surface area (Å²) < 4.78 is 0. The Hall–Kier alpha value is -1.51. The summed E-state index contributed by atoms with van der Waals surface area (Å²) in [5.41, 5.74) is 8.53. The second-order valence-corrected chi connectivity index (χ2v) is 2.64. The zero-order valence-electron chi connectivity index (χ0n) is 8.26. The molecule has 2 heterocycles. The number of hydrogen-bond donors (Lipinski definition) is 2. The molecule has 0 aromatic carbocycles. The number of nitrogen functional groups attached to an aromatic ring is 1. The van der Waals surface area contributed by atoms with Crippen molar-refractivity contribution >= 4 is 16.6 Å². The first-order valence-electron chi connectivity index (χ1n) is 4.46. The number of hydrogen-bond acceptors (Lipinski definition) is 2. The van der Waals surface area contributed by atoms with Crippen LogP contribution in [0, 0.1) is 6.92 Å². The molecule has 3 N–H and O–H groups in total. The minimum absolute atomic E-state index is 0.729. The largest absolute Gasteiger partial charge is 0.397 e. The van der Waals surface area contributed by atoms with E-state index in [4.69, 9.17) is 5.73 Å². The maximum absolute atomic E-state index is 5.69. The van der Waals surface area contributed by atoms with Crippen molar-refractivity contribution < 1.29 is 0 Å². The van der Waals surface area contributed by atoms with Gasteiger partial charge < -0.3 is 10.7 Å². The molecule has 0 bridgehead atoms. The van der Waals surface area contributed by atoms with Crippen LogP contribution in [0.5, 0.6) is 0 Å². The Labute approximate surface area is 78.0 Å². The van der Waals surface area contributed by atoms with Crippen molar-refractivity contribution in [1.82, 2.24) is 9.97 Å². The minimum atomic E-state index is 0.729. The summed E-state index contributed by atoms with van der Waals surface area (Å²) in [6, 6.07) is 2.02. The molecule has 0 atom stereocenters. The van der Waals surface area contributed by atoms with Gasteiger partial charge in [0.2, 0.25) is 0 Å². The zero-order valence-corrected chi connectivity index (χ0v) is 8.26. The minimum Gasteiger partial charge on any atom is -0.397 e. The second-order valence-electron chi connectivity index (χ2n) is 2.64. The number of rotatable bonds is 0. The molecule has 0 saturated carbocycles. The Morgan fingerprint density at radius 2 is 2.00 bits per heavy atom. The summed E-state index contributed by atoms with van der Waals surface area (Å²) in [6.45, 7) is 6.00. The highest BCUT2D eigenvalue weighted by molar-refractivity contribution is 5.90. The van der Waals surface area contributed by atoms with E-state index in [1.165, 1.54) is 0 Å². The van der Waals surface area contributed by atoms with Gasteiger partial charge in [0.05, 0.1) is 23.6 Å². The SMILES string of the molecule is CC.Cc1cc2c(N)cncc2[nH]1. The molecule has 13 heavy (non-hydrogen) atoms. The summed E-state index contributed by atoms with van der Waals surface area (Å²) in [4.78, 5) is 7.13. The van der Waals surface area contributed by atoms with Gasteiger partial charge in [0, 0.05) is 11.1 Å². The molecule has 0 aliphatic carbocycles. The summed E-state index contributed by atoms with van der Waals surface area (Å²) >= 11 is 0. The van der Waals surface area contributed by atoms with Crippen LogP contribution in [-0.4, -0.2) is 9.97 Å². The Morgan fingerprint density at radius 1 is 1.31 bits per heavy atom. The van der Waals surface area contributed by atoms with Crippen LogP contribution in [0.25, 0.3) is 10.9 Å². The highest BCUT2D eigenvalue weighted by atomic mass is 14.8. The normalized spacial score (nSPS) is 9.46. The number of nitrogens with two attached hydrogens (primary N) is 1. The van der Waals surface area contributed by atoms with E-state index >= 15 is 0 Å². The second kappa shape index (κ2) is 3.94. The molecule has 0 aliphatic heterocycles. The molecule has 3 heteroatoms. The van der Waals surface area contributed by atoms with Crippen LogP contribution in [0.3, 0.4) is 0 Å². The fourth-order valence-corrected chi connectivity index (χ4v) is 1.21. The first-order valence-corrected chi connectivity index (χ1v) is 4.46. The number of fused-ring (bicyclic) bond motifs is 1. The fourth-order valence-electron chi connectivity index (χ4n) is 1.21. The molecule has 0 unspecified atom stereocenters. The van der Waals surface area contributed by atoms with Crippen LogP contribution >= 0.6 is 0 Å². The predicted octanol–water partition coefficient (Wildman–Crippen LogP) is 2.48. The fraction of sp³-hybridized carbons (Fsp3) is 0.300. The average molecular weight is 177 g/mol. The number of aromatic nitrogens is 2. The molecule has 0 saturated heterocycles. The van der Waals surface area contributed by atoms with Gasteiger partial charge in [-0.25, -0.2) is 0 Å². The summed E-state index contributed by atoms with van der Waals surface area (Å²) in [5, 5.41) is 1.05. The number of anilines is 1. The Bertz CT molecular complexity index is 390. The number of nitrogens with zero attached hydrogens (tertiary/aromatic N) is 1. The molecule has 2 aromatic rings. The summed E-state index contributed by atoms with van der Waals surface area (Å²) in [5.74, 6) is 0. The third-order valence-electron chi connectivity index (χ3n) is 1.71. The first kappa shape index (κ1) is 9.58. The van der Waals surface area contributed by atoms with Crippen molar-refractivity contribution in [2.45, 2.75) is 20.8 Å². The van der Waals surface area contributed by atoms with Gasteiger partial charge in [0.1, 0.15) is 0 Å². The van der Waals surface area contributed by atoms with Gasteiger partial charge >= 0.3 is 0 Å². The van der Waals surface area contributed by atoms with E-state index in [0.29, 0.717) is 0 Å². The van der Waals surface area contributed by atoms with Gasteiger partial charge in [-0.2, -0.15) is 0 Å². The number of nitrogens with one attached hydrogen (secondary N) is 1. The van der Waals surface area contributed by atoms with E-state index in [0.717, 1.165) is 22.3 Å². The summed E-state index contributed by atoms with van der Waals surface area (Å²) in [6.07, 6.45) is 3.44. The van der Waals surface area contributed by atoms with Crippen LogP contribution in [0.1, 0.15) is 19.5 Å². The summed E-state index contributed by atoms with van der Waals surface area (Å²) in [7, 11) is 0. The predicted molar refractivity (Wildman–Crippen MR) is 56.6 cm³/mol. The van der Waals surface area contributed by atoms with Gasteiger partial charge in [-0.05, 0) is 13.0 Å². The quantitative estimate of drug-likeness (QED) is 0.649. The van der Waals surface area contributed by atoms with Crippen molar-refractivity contribution in [2.24, 2.45) is 0 Å². The Balaban J connectivity index is 0.000000396. The van der Waals surface area contributed by atoms with Gasteiger partial charge in [-0.3, -0.25) is 4.98 Å². The van der Waals surface area contributed by atoms with Crippen molar-refractivity contribution in [3.05, 3.63) is 24.2 Å². The van der Waals surface area contributed by atoms with Crippen LogP contribution in [-0.2, 0) is 0 Å². The van der Waals surface area contributed by atoms with E-state index < -0.39 is 0 Å². The monoisotopic (exact) mass is 177 g/mol. The van der Waals surface area contributed by atoms with E-state index in [1.807, 2.05) is 26.8 Å². The zero-order chi connectivity index (χ0) is 9.84.